The zero-order valence-corrected chi connectivity index (χ0v) is 12.4. The summed E-state index contributed by atoms with van der Waals surface area (Å²) in [7, 11) is 0. The van der Waals surface area contributed by atoms with Crippen molar-refractivity contribution in [2.24, 2.45) is 5.73 Å². The smallest absolute Gasteiger partial charge is 0.284 e. The van der Waals surface area contributed by atoms with E-state index >= 15 is 0 Å². The Labute approximate surface area is 135 Å². The van der Waals surface area contributed by atoms with Gasteiger partial charge in [-0.05, 0) is 24.3 Å². The van der Waals surface area contributed by atoms with E-state index in [1.807, 2.05) is 0 Å². The van der Waals surface area contributed by atoms with Crippen molar-refractivity contribution in [3.05, 3.63) is 69.7 Å². The summed E-state index contributed by atoms with van der Waals surface area (Å²) in [5.74, 6) is -0.830. The minimum absolute atomic E-state index is 0.165. The first-order valence-corrected chi connectivity index (χ1v) is 6.91. The zero-order valence-electron chi connectivity index (χ0n) is 11.7. The molecule has 2 aromatic heterocycles. The van der Waals surface area contributed by atoms with Crippen LogP contribution in [0.15, 0.2) is 53.6 Å². The van der Waals surface area contributed by atoms with Gasteiger partial charge in [0.2, 0.25) is 0 Å². The Morgan fingerprint density at radius 3 is 2.48 bits per heavy atom. The summed E-state index contributed by atoms with van der Waals surface area (Å²) in [4.78, 5) is 24.0. The van der Waals surface area contributed by atoms with Crippen molar-refractivity contribution >= 4 is 17.5 Å². The lowest BCUT2D eigenvalue weighted by atomic mass is 10.1. The van der Waals surface area contributed by atoms with Gasteiger partial charge < -0.3 is 5.73 Å². The summed E-state index contributed by atoms with van der Waals surface area (Å²) in [5.41, 5.74) is 5.99. The number of nitrogens with zero attached hydrogens (tertiary/aromatic N) is 4. The Bertz CT molecular complexity index is 923. The highest BCUT2D eigenvalue weighted by Gasteiger charge is 2.15. The third kappa shape index (κ3) is 2.95. The van der Waals surface area contributed by atoms with Gasteiger partial charge in [-0.15, -0.1) is 0 Å². The molecule has 0 aliphatic rings. The highest BCUT2D eigenvalue weighted by atomic mass is 35.5. The molecule has 0 saturated carbocycles. The van der Waals surface area contributed by atoms with Crippen LogP contribution >= 0.6 is 11.6 Å². The molecule has 1 amide bonds. The predicted octanol–water partition coefficient (Wildman–Crippen LogP) is 1.44. The van der Waals surface area contributed by atoms with Gasteiger partial charge >= 0.3 is 0 Å². The van der Waals surface area contributed by atoms with E-state index in [4.69, 9.17) is 17.3 Å². The van der Waals surface area contributed by atoms with E-state index in [-0.39, 0.29) is 5.56 Å². The molecule has 0 bridgehead atoms. The number of carbonyl (C=O) groups is 1. The normalized spacial score (nSPS) is 10.5. The second-order valence-corrected chi connectivity index (χ2v) is 5.07. The van der Waals surface area contributed by atoms with Crippen LogP contribution in [0.5, 0.6) is 0 Å². The predicted molar refractivity (Wildman–Crippen MR) is 84.4 cm³/mol. The molecule has 0 unspecified atom stereocenters. The van der Waals surface area contributed by atoms with Crippen LogP contribution in [0.1, 0.15) is 10.4 Å². The van der Waals surface area contributed by atoms with E-state index in [0.717, 1.165) is 4.68 Å². The van der Waals surface area contributed by atoms with Crippen LogP contribution < -0.4 is 11.3 Å². The number of hydrogen-bond acceptors (Lipinski definition) is 5. The van der Waals surface area contributed by atoms with Crippen molar-refractivity contribution in [2.45, 2.75) is 0 Å². The van der Waals surface area contributed by atoms with Gasteiger partial charge in [-0.1, -0.05) is 23.7 Å². The lowest BCUT2D eigenvalue weighted by Gasteiger charge is -2.09. The van der Waals surface area contributed by atoms with Crippen molar-refractivity contribution in [1.82, 2.24) is 20.0 Å². The topological polar surface area (TPSA) is 104 Å². The third-order valence-electron chi connectivity index (χ3n) is 3.13. The van der Waals surface area contributed by atoms with Crippen LogP contribution in [0.4, 0.5) is 0 Å². The number of benzene rings is 1. The molecule has 0 atom stereocenters. The van der Waals surface area contributed by atoms with Crippen molar-refractivity contribution in [3.8, 4) is 16.9 Å². The number of halogens is 1. The highest BCUT2D eigenvalue weighted by molar-refractivity contribution is 6.30. The Morgan fingerprint density at radius 2 is 1.87 bits per heavy atom. The van der Waals surface area contributed by atoms with E-state index < -0.39 is 11.5 Å². The molecule has 8 heteroatoms. The fraction of sp³-hybridized carbons (Fsp3) is 0. The van der Waals surface area contributed by atoms with Crippen molar-refractivity contribution in [1.29, 1.82) is 0 Å². The number of hydrogen-bond donors (Lipinski definition) is 1. The Morgan fingerprint density at radius 1 is 1.13 bits per heavy atom. The van der Waals surface area contributed by atoms with E-state index in [1.165, 1.54) is 18.5 Å². The van der Waals surface area contributed by atoms with Gasteiger partial charge in [-0.3, -0.25) is 9.59 Å². The molecule has 0 spiro atoms. The first-order chi connectivity index (χ1) is 11.1. The quantitative estimate of drug-likeness (QED) is 0.784. The molecule has 7 nitrogen and oxygen atoms in total. The molecule has 0 radical (unpaired) electrons. The molecule has 3 rings (SSSR count). The molecule has 0 fully saturated rings. The Hall–Kier alpha value is -3.06. The van der Waals surface area contributed by atoms with E-state index in [0.29, 0.717) is 22.0 Å². The van der Waals surface area contributed by atoms with Gasteiger partial charge in [0.15, 0.2) is 0 Å². The molecule has 1 aromatic carbocycles. The van der Waals surface area contributed by atoms with Crippen LogP contribution in [0.25, 0.3) is 16.9 Å². The van der Waals surface area contributed by atoms with Crippen molar-refractivity contribution in [3.63, 3.8) is 0 Å². The van der Waals surface area contributed by atoms with Gasteiger partial charge in [0, 0.05) is 10.6 Å². The summed E-state index contributed by atoms with van der Waals surface area (Å²) in [6.07, 6.45) is 2.78. The summed E-state index contributed by atoms with van der Waals surface area (Å²) in [5, 5.41) is 12.2. The summed E-state index contributed by atoms with van der Waals surface area (Å²) in [6, 6.07) is 9.75. The molecule has 0 aliphatic carbocycles. The van der Waals surface area contributed by atoms with Crippen LogP contribution in [0.2, 0.25) is 5.02 Å². The SMILES string of the molecule is NC(=O)c1cc(-c2ccc(Cl)cc2)nn(-c2ccnnc2)c1=O. The monoisotopic (exact) mass is 327 g/mol. The molecule has 2 N–H and O–H groups in total. The number of aromatic nitrogens is 4. The molecule has 0 aliphatic heterocycles. The summed E-state index contributed by atoms with van der Waals surface area (Å²) < 4.78 is 1.07. The molecule has 23 heavy (non-hydrogen) atoms. The average Bonchev–Trinajstić information content (AvgIpc) is 2.56. The minimum Gasteiger partial charge on any atom is -0.365 e. The van der Waals surface area contributed by atoms with E-state index in [9.17, 15) is 9.59 Å². The minimum atomic E-state index is -0.830. The van der Waals surface area contributed by atoms with Gasteiger partial charge in [-0.25, -0.2) is 0 Å². The van der Waals surface area contributed by atoms with Gasteiger partial charge in [0.05, 0.1) is 23.8 Å². The van der Waals surface area contributed by atoms with Crippen molar-refractivity contribution < 1.29 is 4.79 Å². The molecule has 0 saturated heterocycles. The van der Waals surface area contributed by atoms with Gasteiger partial charge in [-0.2, -0.15) is 20.0 Å². The maximum Gasteiger partial charge on any atom is 0.284 e. The second kappa shape index (κ2) is 5.98. The summed E-state index contributed by atoms with van der Waals surface area (Å²) >= 11 is 5.87. The lowest BCUT2D eigenvalue weighted by molar-refractivity contribution is 0.0998. The Kier molecular flexibility index (Phi) is 3.86. The van der Waals surface area contributed by atoms with Crippen LogP contribution in [-0.4, -0.2) is 25.9 Å². The number of carbonyl (C=O) groups excluding carboxylic acids is 1. The number of rotatable bonds is 3. The molecule has 3 aromatic rings. The number of amides is 1. The number of primary amides is 1. The number of nitrogens with two attached hydrogens (primary N) is 1. The standard InChI is InChI=1S/C15H10ClN5O2/c16-10-3-1-9(2-4-10)13-7-12(14(17)22)15(23)21(20-13)11-5-6-18-19-8-11/h1-8H,(H2,17,22). The molecular weight excluding hydrogens is 318 g/mol. The van der Waals surface area contributed by atoms with E-state index in [1.54, 1.807) is 30.3 Å². The largest absolute Gasteiger partial charge is 0.365 e. The molecule has 114 valence electrons. The Balaban J connectivity index is 2.26. The molecule has 2 heterocycles. The zero-order chi connectivity index (χ0) is 16.4. The fourth-order valence-electron chi connectivity index (χ4n) is 2.02. The maximum absolute atomic E-state index is 12.4. The first kappa shape index (κ1) is 14.9. The average molecular weight is 328 g/mol. The maximum atomic E-state index is 12.4. The molecular formula is C15H10ClN5O2. The van der Waals surface area contributed by atoms with E-state index in [2.05, 4.69) is 15.3 Å². The lowest BCUT2D eigenvalue weighted by Crippen LogP contribution is -2.30. The van der Waals surface area contributed by atoms with Crippen LogP contribution in [0, 0.1) is 0 Å². The fourth-order valence-corrected chi connectivity index (χ4v) is 2.14. The highest BCUT2D eigenvalue weighted by Crippen LogP contribution is 2.20. The third-order valence-corrected chi connectivity index (χ3v) is 3.38. The van der Waals surface area contributed by atoms with Crippen LogP contribution in [-0.2, 0) is 0 Å². The van der Waals surface area contributed by atoms with Gasteiger partial charge in [0.25, 0.3) is 11.5 Å². The van der Waals surface area contributed by atoms with Crippen molar-refractivity contribution in [2.75, 3.05) is 0 Å². The van der Waals surface area contributed by atoms with Gasteiger partial charge in [0.1, 0.15) is 5.56 Å². The first-order valence-electron chi connectivity index (χ1n) is 6.53. The summed E-state index contributed by atoms with van der Waals surface area (Å²) in [6.45, 7) is 0. The second-order valence-electron chi connectivity index (χ2n) is 4.63. The van der Waals surface area contributed by atoms with Crippen LogP contribution in [0.3, 0.4) is 0 Å².